The molecule has 0 saturated heterocycles. The summed E-state index contributed by atoms with van der Waals surface area (Å²) in [5, 5.41) is 4.43. The summed E-state index contributed by atoms with van der Waals surface area (Å²) in [4.78, 5) is 1.42. The SMILES string of the molecule is Cc1cscc1SCc1ccccc1. The van der Waals surface area contributed by atoms with Gasteiger partial charge in [-0.3, -0.25) is 0 Å². The average Bonchev–Trinajstić information content (AvgIpc) is 2.63. The highest BCUT2D eigenvalue weighted by Gasteiger charge is 1.99. The number of thioether (sulfide) groups is 1. The average molecular weight is 220 g/mol. The number of rotatable bonds is 3. The summed E-state index contributed by atoms with van der Waals surface area (Å²) in [5.74, 6) is 1.07. The van der Waals surface area contributed by atoms with Crippen molar-refractivity contribution in [2.24, 2.45) is 0 Å². The van der Waals surface area contributed by atoms with E-state index in [-0.39, 0.29) is 0 Å². The van der Waals surface area contributed by atoms with Crippen molar-refractivity contribution in [2.75, 3.05) is 0 Å². The van der Waals surface area contributed by atoms with Crippen molar-refractivity contribution in [1.29, 1.82) is 0 Å². The maximum absolute atomic E-state index is 2.23. The van der Waals surface area contributed by atoms with E-state index < -0.39 is 0 Å². The Morgan fingerprint density at radius 3 is 2.57 bits per heavy atom. The summed E-state index contributed by atoms with van der Waals surface area (Å²) >= 11 is 3.70. The monoisotopic (exact) mass is 220 g/mol. The Morgan fingerprint density at radius 1 is 1.14 bits per heavy atom. The zero-order valence-electron chi connectivity index (χ0n) is 8.07. The van der Waals surface area contributed by atoms with Crippen LogP contribution in [0.15, 0.2) is 46.0 Å². The van der Waals surface area contributed by atoms with E-state index >= 15 is 0 Å². The summed E-state index contributed by atoms with van der Waals surface area (Å²) in [5.41, 5.74) is 2.79. The lowest BCUT2D eigenvalue weighted by molar-refractivity contribution is 1.35. The molecule has 0 aliphatic carbocycles. The molecule has 2 heteroatoms. The van der Waals surface area contributed by atoms with Crippen molar-refractivity contribution in [2.45, 2.75) is 17.6 Å². The smallest absolute Gasteiger partial charge is 0.0232 e. The van der Waals surface area contributed by atoms with Gasteiger partial charge in [-0.2, -0.15) is 11.3 Å². The fourth-order valence-electron chi connectivity index (χ4n) is 1.23. The van der Waals surface area contributed by atoms with Gasteiger partial charge in [0.25, 0.3) is 0 Å². The Hall–Kier alpha value is -0.730. The van der Waals surface area contributed by atoms with E-state index in [4.69, 9.17) is 0 Å². The van der Waals surface area contributed by atoms with Crippen LogP contribution in [0.2, 0.25) is 0 Å². The molecule has 0 spiro atoms. The van der Waals surface area contributed by atoms with E-state index in [0.717, 1.165) is 5.75 Å². The Labute approximate surface area is 93.0 Å². The van der Waals surface area contributed by atoms with Gasteiger partial charge in [0.05, 0.1) is 0 Å². The third-order valence-electron chi connectivity index (χ3n) is 2.05. The molecule has 0 aliphatic rings. The summed E-state index contributed by atoms with van der Waals surface area (Å²) in [6, 6.07) is 10.6. The van der Waals surface area contributed by atoms with E-state index in [2.05, 4.69) is 48.0 Å². The fraction of sp³-hybridized carbons (Fsp3) is 0.167. The van der Waals surface area contributed by atoms with Crippen LogP contribution in [-0.4, -0.2) is 0 Å². The van der Waals surface area contributed by atoms with E-state index in [9.17, 15) is 0 Å². The van der Waals surface area contributed by atoms with Crippen molar-refractivity contribution in [3.8, 4) is 0 Å². The molecule has 0 bridgehead atoms. The van der Waals surface area contributed by atoms with Crippen molar-refractivity contribution in [1.82, 2.24) is 0 Å². The zero-order chi connectivity index (χ0) is 9.80. The van der Waals surface area contributed by atoms with E-state index in [1.165, 1.54) is 16.0 Å². The molecule has 0 nitrogen and oxygen atoms in total. The minimum absolute atomic E-state index is 1.07. The Kier molecular flexibility index (Phi) is 3.27. The lowest BCUT2D eigenvalue weighted by Crippen LogP contribution is -1.78. The molecule has 72 valence electrons. The Bertz CT molecular complexity index is 390. The van der Waals surface area contributed by atoms with Gasteiger partial charge in [-0.05, 0) is 23.4 Å². The largest absolute Gasteiger partial charge is 0.151 e. The number of hydrogen-bond acceptors (Lipinski definition) is 2. The van der Waals surface area contributed by atoms with Crippen LogP contribution in [-0.2, 0) is 5.75 Å². The highest BCUT2D eigenvalue weighted by Crippen LogP contribution is 2.28. The second-order valence-electron chi connectivity index (χ2n) is 3.19. The number of hydrogen-bond donors (Lipinski definition) is 0. The molecule has 0 fully saturated rings. The first-order valence-corrected chi connectivity index (χ1v) is 6.48. The molecule has 2 rings (SSSR count). The Morgan fingerprint density at radius 2 is 1.93 bits per heavy atom. The predicted octanol–water partition coefficient (Wildman–Crippen LogP) is 4.35. The van der Waals surface area contributed by atoms with Gasteiger partial charge >= 0.3 is 0 Å². The number of thiophene rings is 1. The maximum Gasteiger partial charge on any atom is 0.0232 e. The zero-order valence-corrected chi connectivity index (χ0v) is 9.70. The minimum Gasteiger partial charge on any atom is -0.151 e. The van der Waals surface area contributed by atoms with Gasteiger partial charge in [0, 0.05) is 16.0 Å². The minimum atomic E-state index is 1.07. The first-order valence-electron chi connectivity index (χ1n) is 4.56. The molecule has 14 heavy (non-hydrogen) atoms. The molecular weight excluding hydrogens is 208 g/mol. The summed E-state index contributed by atoms with van der Waals surface area (Å²) in [6.45, 7) is 2.17. The third-order valence-corrected chi connectivity index (χ3v) is 4.28. The van der Waals surface area contributed by atoms with Crippen LogP contribution in [0, 0.1) is 6.92 Å². The van der Waals surface area contributed by atoms with Gasteiger partial charge < -0.3 is 0 Å². The van der Waals surface area contributed by atoms with Gasteiger partial charge in [0.15, 0.2) is 0 Å². The van der Waals surface area contributed by atoms with Crippen molar-refractivity contribution >= 4 is 23.1 Å². The number of benzene rings is 1. The second-order valence-corrected chi connectivity index (χ2v) is 4.95. The normalized spacial score (nSPS) is 10.4. The van der Waals surface area contributed by atoms with Crippen LogP contribution < -0.4 is 0 Å². The molecule has 1 aromatic carbocycles. The van der Waals surface area contributed by atoms with Crippen molar-refractivity contribution in [3.63, 3.8) is 0 Å². The molecule has 0 aliphatic heterocycles. The van der Waals surface area contributed by atoms with Crippen LogP contribution >= 0.6 is 23.1 Å². The van der Waals surface area contributed by atoms with Crippen molar-refractivity contribution in [3.05, 3.63) is 52.2 Å². The van der Waals surface area contributed by atoms with Gasteiger partial charge in [-0.15, -0.1) is 11.8 Å². The first kappa shape index (κ1) is 9.81. The van der Waals surface area contributed by atoms with E-state index in [1.807, 2.05) is 11.8 Å². The van der Waals surface area contributed by atoms with Crippen LogP contribution in [0.4, 0.5) is 0 Å². The third kappa shape index (κ3) is 2.40. The second kappa shape index (κ2) is 4.67. The predicted molar refractivity (Wildman–Crippen MR) is 65.1 cm³/mol. The first-order chi connectivity index (χ1) is 6.86. The Balaban J connectivity index is 1.99. The highest BCUT2D eigenvalue weighted by atomic mass is 32.2. The lowest BCUT2D eigenvalue weighted by Gasteiger charge is -2.00. The maximum atomic E-state index is 2.23. The van der Waals surface area contributed by atoms with Crippen LogP contribution in [0.5, 0.6) is 0 Å². The molecule has 0 amide bonds. The molecule has 0 atom stereocenters. The molecule has 0 N–H and O–H groups in total. The van der Waals surface area contributed by atoms with Gasteiger partial charge in [-0.1, -0.05) is 30.3 Å². The summed E-state index contributed by atoms with van der Waals surface area (Å²) < 4.78 is 0. The molecule has 0 unspecified atom stereocenters. The summed E-state index contributed by atoms with van der Waals surface area (Å²) in [6.07, 6.45) is 0. The molecular formula is C12H12S2. The van der Waals surface area contributed by atoms with Crippen LogP contribution in [0.25, 0.3) is 0 Å². The van der Waals surface area contributed by atoms with Gasteiger partial charge in [-0.25, -0.2) is 0 Å². The molecule has 2 aromatic rings. The van der Waals surface area contributed by atoms with E-state index in [1.54, 1.807) is 11.3 Å². The summed E-state index contributed by atoms with van der Waals surface area (Å²) in [7, 11) is 0. The highest BCUT2D eigenvalue weighted by molar-refractivity contribution is 7.98. The van der Waals surface area contributed by atoms with Gasteiger partial charge in [0.1, 0.15) is 0 Å². The van der Waals surface area contributed by atoms with E-state index in [0.29, 0.717) is 0 Å². The molecule has 1 heterocycles. The topological polar surface area (TPSA) is 0 Å². The molecule has 0 saturated carbocycles. The van der Waals surface area contributed by atoms with Crippen molar-refractivity contribution < 1.29 is 0 Å². The lowest BCUT2D eigenvalue weighted by atomic mass is 10.2. The molecule has 1 aromatic heterocycles. The quantitative estimate of drug-likeness (QED) is 0.693. The number of aryl methyl sites for hydroxylation is 1. The van der Waals surface area contributed by atoms with Crippen LogP contribution in [0.3, 0.4) is 0 Å². The fourth-order valence-corrected chi connectivity index (χ4v) is 3.26. The van der Waals surface area contributed by atoms with Gasteiger partial charge in [0.2, 0.25) is 0 Å². The molecule has 0 radical (unpaired) electrons. The van der Waals surface area contributed by atoms with Crippen LogP contribution in [0.1, 0.15) is 11.1 Å². The standard InChI is InChI=1S/C12H12S2/c1-10-7-13-9-12(10)14-8-11-5-3-2-4-6-11/h2-7,9H,8H2,1H3.